The molecule has 0 radical (unpaired) electrons. The van der Waals surface area contributed by atoms with Crippen molar-refractivity contribution < 1.29 is 18.0 Å². The summed E-state index contributed by atoms with van der Waals surface area (Å²) in [5.41, 5.74) is 5.03. The number of alkyl halides is 3. The minimum Gasteiger partial charge on any atom is -0.368 e. The Bertz CT molecular complexity index is 380. The molecule has 0 saturated heterocycles. The van der Waals surface area contributed by atoms with Crippen molar-refractivity contribution in [2.75, 3.05) is 6.54 Å². The first-order valence-electron chi connectivity index (χ1n) is 4.14. The Morgan fingerprint density at radius 2 is 2.19 bits per heavy atom. The van der Waals surface area contributed by atoms with Gasteiger partial charge in [0.25, 0.3) is 0 Å². The maximum absolute atomic E-state index is 12.0. The van der Waals surface area contributed by atoms with Crippen molar-refractivity contribution >= 4 is 33.2 Å². The largest absolute Gasteiger partial charge is 0.401 e. The van der Waals surface area contributed by atoms with Gasteiger partial charge < -0.3 is 5.73 Å². The standard InChI is InChI=1S/C8H8BrF3N2OS/c9-5-2-1-4(16-5)6(7(13)15)14-3-8(10,11)12/h1-2,6,14H,3H2,(H2,13,15). The summed E-state index contributed by atoms with van der Waals surface area (Å²) in [6.45, 7) is -1.25. The Hall–Kier alpha value is -0.600. The molecule has 3 nitrogen and oxygen atoms in total. The third-order valence-corrected chi connectivity index (χ3v) is 3.36. The summed E-state index contributed by atoms with van der Waals surface area (Å²) in [6, 6.07) is 2.08. The van der Waals surface area contributed by atoms with Gasteiger partial charge in [0.15, 0.2) is 0 Å². The molecule has 1 rings (SSSR count). The number of amides is 1. The van der Waals surface area contributed by atoms with E-state index in [0.717, 1.165) is 15.1 Å². The van der Waals surface area contributed by atoms with Gasteiger partial charge in [0.2, 0.25) is 5.91 Å². The summed E-state index contributed by atoms with van der Waals surface area (Å²) in [6.07, 6.45) is -4.37. The fraction of sp³-hybridized carbons (Fsp3) is 0.375. The first-order chi connectivity index (χ1) is 7.29. The highest BCUT2D eigenvalue weighted by atomic mass is 79.9. The predicted octanol–water partition coefficient (Wildman–Crippen LogP) is 2.19. The van der Waals surface area contributed by atoms with Crippen molar-refractivity contribution in [1.82, 2.24) is 5.32 Å². The third-order valence-electron chi connectivity index (χ3n) is 1.67. The summed E-state index contributed by atoms with van der Waals surface area (Å²) < 4.78 is 36.7. The first kappa shape index (κ1) is 13.5. The molecule has 0 aliphatic rings. The third kappa shape index (κ3) is 4.11. The maximum Gasteiger partial charge on any atom is 0.401 e. The lowest BCUT2D eigenvalue weighted by Crippen LogP contribution is -2.38. The van der Waals surface area contributed by atoms with Crippen molar-refractivity contribution in [3.63, 3.8) is 0 Å². The van der Waals surface area contributed by atoms with Crippen LogP contribution >= 0.6 is 27.3 Å². The van der Waals surface area contributed by atoms with Gasteiger partial charge in [-0.2, -0.15) is 13.2 Å². The van der Waals surface area contributed by atoms with Crippen molar-refractivity contribution in [2.45, 2.75) is 12.2 Å². The van der Waals surface area contributed by atoms with E-state index in [1.165, 1.54) is 0 Å². The van der Waals surface area contributed by atoms with Crippen LogP contribution in [0.2, 0.25) is 0 Å². The second kappa shape index (κ2) is 5.15. The van der Waals surface area contributed by atoms with E-state index in [9.17, 15) is 18.0 Å². The second-order valence-corrected chi connectivity index (χ2v) is 5.47. The van der Waals surface area contributed by atoms with E-state index in [-0.39, 0.29) is 0 Å². The van der Waals surface area contributed by atoms with Crippen LogP contribution < -0.4 is 11.1 Å². The zero-order valence-corrected chi connectivity index (χ0v) is 10.2. The van der Waals surface area contributed by atoms with Crippen molar-refractivity contribution in [2.24, 2.45) is 5.73 Å². The molecule has 8 heteroatoms. The molecule has 90 valence electrons. The van der Waals surface area contributed by atoms with Crippen molar-refractivity contribution in [3.05, 3.63) is 20.8 Å². The highest BCUT2D eigenvalue weighted by Crippen LogP contribution is 2.27. The van der Waals surface area contributed by atoms with E-state index in [1.54, 1.807) is 12.1 Å². The minimum absolute atomic E-state index is 0.448. The fourth-order valence-corrected chi connectivity index (χ4v) is 2.55. The molecule has 0 aliphatic carbocycles. The molecule has 0 aromatic carbocycles. The predicted molar refractivity (Wildman–Crippen MR) is 58.0 cm³/mol. The number of nitrogens with two attached hydrogens (primary N) is 1. The van der Waals surface area contributed by atoms with Gasteiger partial charge in [-0.15, -0.1) is 11.3 Å². The molecule has 0 spiro atoms. The molecule has 1 aromatic rings. The second-order valence-electron chi connectivity index (χ2n) is 2.97. The van der Waals surface area contributed by atoms with Crippen LogP contribution in [-0.4, -0.2) is 18.6 Å². The quantitative estimate of drug-likeness (QED) is 0.894. The highest BCUT2D eigenvalue weighted by molar-refractivity contribution is 9.11. The fourth-order valence-electron chi connectivity index (χ4n) is 1.04. The average Bonchev–Trinajstić information content (AvgIpc) is 2.49. The Morgan fingerprint density at radius 1 is 1.56 bits per heavy atom. The van der Waals surface area contributed by atoms with Gasteiger partial charge in [-0.05, 0) is 28.1 Å². The molecule has 0 fully saturated rings. The molecular formula is C8H8BrF3N2OS. The summed E-state index contributed by atoms with van der Waals surface area (Å²) in [5, 5.41) is 2.08. The molecular weight excluding hydrogens is 309 g/mol. The minimum atomic E-state index is -4.37. The van der Waals surface area contributed by atoms with Gasteiger partial charge in [-0.1, -0.05) is 0 Å². The zero-order chi connectivity index (χ0) is 12.3. The Labute approximate surface area is 102 Å². The lowest BCUT2D eigenvalue weighted by atomic mass is 10.2. The van der Waals surface area contributed by atoms with Crippen LogP contribution in [0.3, 0.4) is 0 Å². The monoisotopic (exact) mass is 316 g/mol. The van der Waals surface area contributed by atoms with E-state index in [0.29, 0.717) is 4.88 Å². The van der Waals surface area contributed by atoms with Gasteiger partial charge in [-0.25, -0.2) is 0 Å². The summed E-state index contributed by atoms with van der Waals surface area (Å²) >= 11 is 4.32. The average molecular weight is 317 g/mol. The molecule has 1 unspecified atom stereocenters. The molecule has 3 N–H and O–H groups in total. The lowest BCUT2D eigenvalue weighted by molar-refractivity contribution is -0.130. The smallest absolute Gasteiger partial charge is 0.368 e. The van der Waals surface area contributed by atoms with Crippen LogP contribution in [0.4, 0.5) is 13.2 Å². The van der Waals surface area contributed by atoms with Gasteiger partial charge in [0.05, 0.1) is 10.3 Å². The maximum atomic E-state index is 12.0. The molecule has 0 bridgehead atoms. The van der Waals surface area contributed by atoms with Gasteiger partial charge >= 0.3 is 6.18 Å². The van der Waals surface area contributed by atoms with Crippen LogP contribution in [-0.2, 0) is 4.79 Å². The van der Waals surface area contributed by atoms with Crippen molar-refractivity contribution in [3.8, 4) is 0 Å². The first-order valence-corrected chi connectivity index (χ1v) is 5.75. The number of rotatable bonds is 4. The van der Waals surface area contributed by atoms with Crippen LogP contribution in [0, 0.1) is 0 Å². The normalized spacial score (nSPS) is 13.8. The van der Waals surface area contributed by atoms with Gasteiger partial charge in [-0.3, -0.25) is 10.1 Å². The Balaban J connectivity index is 2.73. The van der Waals surface area contributed by atoms with Gasteiger partial charge in [0, 0.05) is 4.88 Å². The van der Waals surface area contributed by atoms with E-state index in [1.807, 2.05) is 0 Å². The van der Waals surface area contributed by atoms with Gasteiger partial charge in [0.1, 0.15) is 6.04 Å². The van der Waals surface area contributed by atoms with E-state index in [4.69, 9.17) is 5.73 Å². The molecule has 16 heavy (non-hydrogen) atoms. The number of hydrogen-bond donors (Lipinski definition) is 2. The molecule has 0 aliphatic heterocycles. The number of nitrogens with one attached hydrogen (secondary N) is 1. The number of carbonyl (C=O) groups is 1. The molecule has 1 heterocycles. The van der Waals surface area contributed by atoms with Crippen LogP contribution in [0.25, 0.3) is 0 Å². The molecule has 1 atom stereocenters. The van der Waals surface area contributed by atoms with Crippen molar-refractivity contribution in [1.29, 1.82) is 0 Å². The Kier molecular flexibility index (Phi) is 4.34. The number of halogens is 4. The summed E-state index contributed by atoms with van der Waals surface area (Å²) in [7, 11) is 0. The molecule has 0 saturated carbocycles. The summed E-state index contributed by atoms with van der Waals surface area (Å²) in [5.74, 6) is -0.835. The molecule has 1 aromatic heterocycles. The summed E-state index contributed by atoms with van der Waals surface area (Å²) in [4.78, 5) is 11.5. The van der Waals surface area contributed by atoms with E-state index >= 15 is 0 Å². The highest BCUT2D eigenvalue weighted by Gasteiger charge is 2.30. The van der Waals surface area contributed by atoms with E-state index < -0.39 is 24.7 Å². The van der Waals surface area contributed by atoms with E-state index in [2.05, 4.69) is 21.2 Å². The zero-order valence-electron chi connectivity index (χ0n) is 7.84. The number of primary amides is 1. The van der Waals surface area contributed by atoms with Crippen LogP contribution in [0.1, 0.15) is 10.9 Å². The van der Waals surface area contributed by atoms with Crippen LogP contribution in [0.5, 0.6) is 0 Å². The van der Waals surface area contributed by atoms with Crippen LogP contribution in [0.15, 0.2) is 15.9 Å². The number of carbonyl (C=O) groups excluding carboxylic acids is 1. The molecule has 1 amide bonds. The Morgan fingerprint density at radius 3 is 2.56 bits per heavy atom. The number of thiophene rings is 1. The topological polar surface area (TPSA) is 55.1 Å². The lowest BCUT2D eigenvalue weighted by Gasteiger charge is -2.15. The number of hydrogen-bond acceptors (Lipinski definition) is 3. The SMILES string of the molecule is NC(=O)C(NCC(F)(F)F)c1ccc(Br)s1.